The molecule has 144 valence electrons. The van der Waals surface area contributed by atoms with E-state index in [-0.39, 0.29) is 11.7 Å². The number of carbonyl (C=O) groups excluding carboxylic acids is 1. The molecule has 1 unspecified atom stereocenters. The van der Waals surface area contributed by atoms with Gasteiger partial charge in [0.1, 0.15) is 0 Å². The van der Waals surface area contributed by atoms with E-state index in [1.165, 1.54) is 15.3 Å². The van der Waals surface area contributed by atoms with Crippen LogP contribution in [0.4, 0.5) is 14.5 Å². The molecule has 2 aromatic carbocycles. The minimum Gasteiger partial charge on any atom is -0.335 e. The van der Waals surface area contributed by atoms with Crippen molar-refractivity contribution in [3.63, 3.8) is 0 Å². The third kappa shape index (κ3) is 3.80. The molecular weight excluding hydrogens is 374 g/mol. The molecule has 0 saturated carbocycles. The topological polar surface area (TPSA) is 57.7 Å². The maximum atomic E-state index is 13.5. The largest absolute Gasteiger partial charge is 0.335 e. The lowest BCUT2D eigenvalue weighted by Gasteiger charge is -2.26. The lowest BCUT2D eigenvalue weighted by molar-refractivity contribution is 0.0742. The Labute approximate surface area is 157 Å². The van der Waals surface area contributed by atoms with Gasteiger partial charge in [0.25, 0.3) is 5.91 Å². The van der Waals surface area contributed by atoms with E-state index in [0.29, 0.717) is 29.8 Å². The fourth-order valence-electron chi connectivity index (χ4n) is 3.10. The first-order valence-electron chi connectivity index (χ1n) is 8.53. The summed E-state index contributed by atoms with van der Waals surface area (Å²) in [5.41, 5.74) is 1.24. The number of hydrogen-bond acceptors (Lipinski definition) is 3. The first-order valence-corrected chi connectivity index (χ1v) is 10.1. The zero-order valence-electron chi connectivity index (χ0n) is 15.0. The van der Waals surface area contributed by atoms with Crippen LogP contribution in [-0.4, -0.2) is 38.6 Å². The van der Waals surface area contributed by atoms with Crippen molar-refractivity contribution in [1.82, 2.24) is 4.90 Å². The number of carbonyl (C=O) groups is 1. The van der Waals surface area contributed by atoms with Crippen LogP contribution >= 0.6 is 0 Å². The molecule has 0 radical (unpaired) electrons. The van der Waals surface area contributed by atoms with Gasteiger partial charge in [-0.3, -0.25) is 9.10 Å². The van der Waals surface area contributed by atoms with E-state index in [0.717, 1.165) is 12.1 Å². The monoisotopic (exact) mass is 394 g/mol. The third-order valence-corrected chi connectivity index (χ3v) is 6.68. The van der Waals surface area contributed by atoms with Gasteiger partial charge in [0.2, 0.25) is 10.0 Å². The van der Waals surface area contributed by atoms with E-state index in [2.05, 4.69) is 0 Å². The number of halogens is 2. The molecule has 0 spiro atoms. The minimum atomic E-state index is -3.34. The Morgan fingerprint density at radius 3 is 2.52 bits per heavy atom. The van der Waals surface area contributed by atoms with Gasteiger partial charge in [-0.05, 0) is 49.2 Å². The molecule has 0 bridgehead atoms. The lowest BCUT2D eigenvalue weighted by atomic mass is 10.1. The third-order valence-electron chi connectivity index (χ3n) is 4.81. The lowest BCUT2D eigenvalue weighted by Crippen LogP contribution is -2.30. The molecule has 27 heavy (non-hydrogen) atoms. The van der Waals surface area contributed by atoms with E-state index in [4.69, 9.17) is 0 Å². The first kappa shape index (κ1) is 19.3. The predicted molar refractivity (Wildman–Crippen MR) is 99.1 cm³/mol. The quantitative estimate of drug-likeness (QED) is 0.799. The second kappa shape index (κ2) is 7.26. The number of amides is 1. The molecule has 8 heteroatoms. The highest BCUT2D eigenvalue weighted by Gasteiger charge is 2.29. The summed E-state index contributed by atoms with van der Waals surface area (Å²) in [6, 6.07) is 9.45. The van der Waals surface area contributed by atoms with E-state index in [9.17, 15) is 22.0 Å². The Morgan fingerprint density at radius 2 is 1.89 bits per heavy atom. The molecule has 5 nitrogen and oxygen atoms in total. The molecule has 0 N–H and O–H groups in total. The van der Waals surface area contributed by atoms with Crippen LogP contribution in [0, 0.1) is 11.6 Å². The number of hydrogen-bond donors (Lipinski definition) is 0. The van der Waals surface area contributed by atoms with Gasteiger partial charge in [-0.15, -0.1) is 0 Å². The Kier molecular flexibility index (Phi) is 5.19. The molecule has 1 amide bonds. The van der Waals surface area contributed by atoms with Gasteiger partial charge in [-0.2, -0.15) is 0 Å². The first-order chi connectivity index (χ1) is 12.7. The molecular formula is C19H20F2N2O3S. The highest BCUT2D eigenvalue weighted by atomic mass is 32.2. The summed E-state index contributed by atoms with van der Waals surface area (Å²) in [6.45, 7) is 2.10. The number of anilines is 1. The van der Waals surface area contributed by atoms with Crippen LogP contribution in [0.2, 0.25) is 0 Å². The summed E-state index contributed by atoms with van der Waals surface area (Å²) in [5.74, 6) is -2.16. The van der Waals surface area contributed by atoms with E-state index in [1.54, 1.807) is 38.2 Å². The molecule has 0 aliphatic carbocycles. The number of rotatable bonds is 4. The maximum Gasteiger partial charge on any atom is 0.254 e. The van der Waals surface area contributed by atoms with Gasteiger partial charge in [-0.1, -0.05) is 12.1 Å². The van der Waals surface area contributed by atoms with E-state index in [1.807, 2.05) is 0 Å². The van der Waals surface area contributed by atoms with Crippen molar-refractivity contribution in [1.29, 1.82) is 0 Å². The van der Waals surface area contributed by atoms with Crippen LogP contribution in [0.1, 0.15) is 35.3 Å². The fourth-order valence-corrected chi connectivity index (χ4v) is 4.66. The summed E-state index contributed by atoms with van der Waals surface area (Å²) in [5, 5.41) is 0. The molecule has 1 atom stereocenters. The molecule has 2 aromatic rings. The molecule has 1 saturated heterocycles. The summed E-state index contributed by atoms with van der Waals surface area (Å²) in [7, 11) is -1.78. The molecule has 1 heterocycles. The highest BCUT2D eigenvalue weighted by Crippen LogP contribution is 2.27. The Morgan fingerprint density at radius 1 is 1.15 bits per heavy atom. The second-order valence-electron chi connectivity index (χ2n) is 6.56. The summed E-state index contributed by atoms with van der Waals surface area (Å²) in [4.78, 5) is 14.2. The summed E-state index contributed by atoms with van der Waals surface area (Å²) < 4.78 is 52.1. The number of sulfonamides is 1. The summed E-state index contributed by atoms with van der Waals surface area (Å²) in [6.07, 6.45) is 0.549. The SMILES string of the molecule is CC(c1ccc(F)c(F)c1)N(C)C(=O)c1cccc(N2CCCS2(=O)=O)c1. The van der Waals surface area contributed by atoms with Crippen molar-refractivity contribution in [3.05, 3.63) is 65.2 Å². The zero-order valence-corrected chi connectivity index (χ0v) is 15.8. The van der Waals surface area contributed by atoms with Crippen LogP contribution in [0.15, 0.2) is 42.5 Å². The minimum absolute atomic E-state index is 0.0955. The molecule has 3 rings (SSSR count). The Balaban J connectivity index is 1.84. The van der Waals surface area contributed by atoms with Gasteiger partial charge < -0.3 is 4.90 Å². The standard InChI is InChI=1S/C19H20F2N2O3S/c1-13(14-7-8-17(20)18(21)12-14)22(2)19(24)15-5-3-6-16(11-15)23-9-4-10-27(23,25)26/h3,5-8,11-13H,4,9-10H2,1-2H3. The molecule has 1 aliphatic heterocycles. The Bertz CT molecular complexity index is 979. The van der Waals surface area contributed by atoms with Gasteiger partial charge in [0.15, 0.2) is 11.6 Å². The van der Waals surface area contributed by atoms with Crippen molar-refractivity contribution in [2.45, 2.75) is 19.4 Å². The molecule has 0 aromatic heterocycles. The Hall–Kier alpha value is -2.48. The van der Waals surface area contributed by atoms with Gasteiger partial charge in [0, 0.05) is 19.2 Å². The van der Waals surface area contributed by atoms with Gasteiger partial charge in [-0.25, -0.2) is 17.2 Å². The number of nitrogens with zero attached hydrogens (tertiary/aromatic N) is 2. The van der Waals surface area contributed by atoms with Crippen molar-refractivity contribution in [2.24, 2.45) is 0 Å². The van der Waals surface area contributed by atoms with Gasteiger partial charge in [0.05, 0.1) is 17.5 Å². The molecule has 1 fully saturated rings. The van der Waals surface area contributed by atoms with Crippen LogP contribution < -0.4 is 4.31 Å². The van der Waals surface area contributed by atoms with E-state index < -0.39 is 27.7 Å². The fraction of sp³-hybridized carbons (Fsp3) is 0.316. The predicted octanol–water partition coefficient (Wildman–Crippen LogP) is 3.34. The normalized spacial score (nSPS) is 17.0. The maximum absolute atomic E-state index is 13.5. The van der Waals surface area contributed by atoms with E-state index >= 15 is 0 Å². The number of benzene rings is 2. The van der Waals surface area contributed by atoms with Gasteiger partial charge >= 0.3 is 0 Å². The zero-order chi connectivity index (χ0) is 19.8. The smallest absolute Gasteiger partial charge is 0.254 e. The average Bonchev–Trinajstić information content (AvgIpc) is 3.01. The highest BCUT2D eigenvalue weighted by molar-refractivity contribution is 7.93. The van der Waals surface area contributed by atoms with Crippen LogP contribution in [0.25, 0.3) is 0 Å². The molecule has 1 aliphatic rings. The van der Waals surface area contributed by atoms with Crippen molar-refractivity contribution < 1.29 is 22.0 Å². The van der Waals surface area contributed by atoms with Crippen molar-refractivity contribution in [3.8, 4) is 0 Å². The summed E-state index contributed by atoms with van der Waals surface area (Å²) >= 11 is 0. The van der Waals surface area contributed by atoms with Crippen molar-refractivity contribution in [2.75, 3.05) is 23.7 Å². The van der Waals surface area contributed by atoms with Crippen molar-refractivity contribution >= 4 is 21.6 Å². The van der Waals surface area contributed by atoms with Crippen LogP contribution in [-0.2, 0) is 10.0 Å². The van der Waals surface area contributed by atoms with Crippen LogP contribution in [0.3, 0.4) is 0 Å². The second-order valence-corrected chi connectivity index (χ2v) is 8.57. The average molecular weight is 394 g/mol. The van der Waals surface area contributed by atoms with Crippen LogP contribution in [0.5, 0.6) is 0 Å².